The number of ether oxygens (including phenoxy) is 1. The average Bonchev–Trinajstić information content (AvgIpc) is 2.38. The van der Waals surface area contributed by atoms with E-state index in [0.29, 0.717) is 5.75 Å². The van der Waals surface area contributed by atoms with Crippen LogP contribution in [0.4, 0.5) is 0 Å². The van der Waals surface area contributed by atoms with E-state index in [1.807, 2.05) is 58.0 Å². The van der Waals surface area contributed by atoms with E-state index >= 15 is 0 Å². The molecule has 118 valence electrons. The number of para-hydroxylation sites is 1. The Bertz CT molecular complexity index is 505. The lowest BCUT2D eigenvalue weighted by atomic mass is 10.3. The van der Waals surface area contributed by atoms with Crippen molar-refractivity contribution in [2.24, 2.45) is 0 Å². The summed E-state index contributed by atoms with van der Waals surface area (Å²) in [6.07, 6.45) is -2.53. The van der Waals surface area contributed by atoms with Crippen LogP contribution in [-0.4, -0.2) is 23.8 Å². The van der Waals surface area contributed by atoms with Crippen molar-refractivity contribution in [2.75, 3.05) is 0 Å². The molecule has 2 atom stereocenters. The Hall–Kier alpha value is -0.900. The molecule has 6 heteroatoms. The minimum Gasteiger partial charge on any atom is -0.462 e. The van der Waals surface area contributed by atoms with E-state index in [9.17, 15) is 4.79 Å². The van der Waals surface area contributed by atoms with Crippen LogP contribution in [0.3, 0.4) is 0 Å². The fraction of sp³-hybridized carbons (Fsp3) is 0.533. The maximum Gasteiger partial charge on any atom is 0.323 e. The number of rotatable bonds is 7. The Kier molecular flexibility index (Phi) is 6.85. The van der Waals surface area contributed by atoms with Gasteiger partial charge in [-0.15, -0.1) is 0 Å². The first-order chi connectivity index (χ1) is 9.74. The van der Waals surface area contributed by atoms with E-state index in [1.165, 1.54) is 0 Å². The monoisotopic (exact) mass is 329 g/mol. The number of carbonyl (C=O) groups excluding carboxylic acids is 1. The standard InChI is InChI=1S/C15H24NO3PS/c1-11(2)18-15(17)13(5)16-20(21,12(3)4)19-14-9-7-6-8-10-14/h6-13H,1-5H3,(H,16,21)/t13-,20-/m0/s1. The lowest BCUT2D eigenvalue weighted by Gasteiger charge is -2.30. The summed E-state index contributed by atoms with van der Waals surface area (Å²) in [6.45, 7) is 9.39. The van der Waals surface area contributed by atoms with Gasteiger partial charge in [0.25, 0.3) is 0 Å². The van der Waals surface area contributed by atoms with Gasteiger partial charge < -0.3 is 9.26 Å². The maximum atomic E-state index is 11.9. The van der Waals surface area contributed by atoms with Crippen LogP contribution >= 0.6 is 6.42 Å². The van der Waals surface area contributed by atoms with Gasteiger partial charge in [-0.2, -0.15) is 0 Å². The van der Waals surface area contributed by atoms with Crippen molar-refractivity contribution in [3.8, 4) is 5.75 Å². The first-order valence-corrected chi connectivity index (χ1v) is 9.86. The number of nitrogens with one attached hydrogen (secondary N) is 1. The number of benzene rings is 1. The molecule has 21 heavy (non-hydrogen) atoms. The van der Waals surface area contributed by atoms with Crippen molar-refractivity contribution >= 4 is 24.2 Å². The van der Waals surface area contributed by atoms with Gasteiger partial charge in [-0.05, 0) is 44.7 Å². The zero-order chi connectivity index (χ0) is 16.0. The zero-order valence-electron chi connectivity index (χ0n) is 13.2. The molecule has 0 aliphatic rings. The molecule has 1 aromatic rings. The van der Waals surface area contributed by atoms with E-state index in [0.717, 1.165) is 0 Å². The average molecular weight is 329 g/mol. The Labute approximate surface area is 132 Å². The molecule has 0 aliphatic heterocycles. The van der Waals surface area contributed by atoms with Crippen LogP contribution in [-0.2, 0) is 21.3 Å². The van der Waals surface area contributed by atoms with E-state index < -0.39 is 12.5 Å². The molecule has 4 nitrogen and oxygen atoms in total. The van der Waals surface area contributed by atoms with Gasteiger partial charge in [-0.1, -0.05) is 32.0 Å². The van der Waals surface area contributed by atoms with Gasteiger partial charge in [0.05, 0.1) is 6.10 Å². The molecule has 1 aromatic carbocycles. The van der Waals surface area contributed by atoms with Crippen LogP contribution in [0.15, 0.2) is 30.3 Å². The smallest absolute Gasteiger partial charge is 0.323 e. The summed E-state index contributed by atoms with van der Waals surface area (Å²) in [5.74, 6) is 0.406. The van der Waals surface area contributed by atoms with Crippen LogP contribution < -0.4 is 9.61 Å². The summed E-state index contributed by atoms with van der Waals surface area (Å²) in [4.78, 5) is 11.9. The van der Waals surface area contributed by atoms with Gasteiger partial charge in [0.2, 0.25) is 0 Å². The van der Waals surface area contributed by atoms with E-state index in [4.69, 9.17) is 21.1 Å². The lowest BCUT2D eigenvalue weighted by Crippen LogP contribution is -2.37. The molecule has 1 rings (SSSR count). The van der Waals surface area contributed by atoms with E-state index in [2.05, 4.69) is 5.09 Å². The minimum atomic E-state index is -2.38. The van der Waals surface area contributed by atoms with Crippen molar-refractivity contribution in [3.05, 3.63) is 30.3 Å². The van der Waals surface area contributed by atoms with Crippen LogP contribution in [0.1, 0.15) is 34.6 Å². The fourth-order valence-corrected chi connectivity index (χ4v) is 3.95. The summed E-state index contributed by atoms with van der Waals surface area (Å²) in [7, 11) is 0. The van der Waals surface area contributed by atoms with Gasteiger partial charge in [-0.25, -0.2) is 5.09 Å². The van der Waals surface area contributed by atoms with Gasteiger partial charge in [-0.3, -0.25) is 4.79 Å². The topological polar surface area (TPSA) is 47.6 Å². The van der Waals surface area contributed by atoms with Crippen LogP contribution in [0.25, 0.3) is 0 Å². The number of carbonyl (C=O) groups is 1. The van der Waals surface area contributed by atoms with Gasteiger partial charge in [0, 0.05) is 5.66 Å². The molecule has 0 bridgehead atoms. The summed E-state index contributed by atoms with van der Waals surface area (Å²) in [6, 6.07) is 8.94. The summed E-state index contributed by atoms with van der Waals surface area (Å²) in [5, 5.41) is 3.18. The normalized spacial score (nSPS) is 15.6. The summed E-state index contributed by atoms with van der Waals surface area (Å²) in [5.41, 5.74) is 0.0991. The second-order valence-electron chi connectivity index (χ2n) is 5.43. The maximum absolute atomic E-state index is 11.9. The highest BCUT2D eigenvalue weighted by Gasteiger charge is 2.29. The van der Waals surface area contributed by atoms with Crippen LogP contribution in [0.2, 0.25) is 0 Å². The first kappa shape index (κ1) is 18.1. The third kappa shape index (κ3) is 5.77. The highest BCUT2D eigenvalue weighted by atomic mass is 32.4. The number of hydrogen-bond acceptors (Lipinski definition) is 4. The van der Waals surface area contributed by atoms with Crippen molar-refractivity contribution in [2.45, 2.75) is 52.4 Å². The Balaban J connectivity index is 2.81. The number of esters is 1. The van der Waals surface area contributed by atoms with E-state index in [1.54, 1.807) is 6.92 Å². The molecule has 1 N–H and O–H groups in total. The van der Waals surface area contributed by atoms with Crippen molar-refractivity contribution < 1.29 is 14.1 Å². The van der Waals surface area contributed by atoms with Crippen molar-refractivity contribution in [1.29, 1.82) is 0 Å². The predicted molar refractivity (Wildman–Crippen MR) is 90.3 cm³/mol. The molecule has 0 heterocycles. The summed E-state index contributed by atoms with van der Waals surface area (Å²) >= 11 is 5.69. The molecule has 0 aromatic heterocycles. The first-order valence-electron chi connectivity index (χ1n) is 7.07. The summed E-state index contributed by atoms with van der Waals surface area (Å²) < 4.78 is 11.2. The SMILES string of the molecule is CC(C)OC(=O)[C@H](C)N[P@](=S)(Oc1ccccc1)C(C)C. The molecular weight excluding hydrogens is 305 g/mol. The van der Waals surface area contributed by atoms with E-state index in [-0.39, 0.29) is 17.7 Å². The van der Waals surface area contributed by atoms with Gasteiger partial charge in [0.1, 0.15) is 11.8 Å². The molecule has 0 fully saturated rings. The van der Waals surface area contributed by atoms with Crippen LogP contribution in [0, 0.1) is 0 Å². The predicted octanol–water partition coefficient (Wildman–Crippen LogP) is 3.71. The van der Waals surface area contributed by atoms with Crippen LogP contribution in [0.5, 0.6) is 5.75 Å². The van der Waals surface area contributed by atoms with Gasteiger partial charge in [0.15, 0.2) is 6.42 Å². The number of hydrogen-bond donors (Lipinski definition) is 1. The second-order valence-corrected chi connectivity index (χ2v) is 9.73. The molecule has 0 spiro atoms. The zero-order valence-corrected chi connectivity index (χ0v) is 14.9. The minimum absolute atomic E-state index is 0.0991. The highest BCUT2D eigenvalue weighted by molar-refractivity contribution is 8.11. The lowest BCUT2D eigenvalue weighted by molar-refractivity contribution is -0.148. The Morgan fingerprint density at radius 1 is 1.14 bits per heavy atom. The van der Waals surface area contributed by atoms with Crippen molar-refractivity contribution in [1.82, 2.24) is 5.09 Å². The quantitative estimate of drug-likeness (QED) is 0.610. The molecule has 0 saturated heterocycles. The molecule has 0 aliphatic carbocycles. The second kappa shape index (κ2) is 7.92. The highest BCUT2D eigenvalue weighted by Crippen LogP contribution is 2.48. The molecule has 0 radical (unpaired) electrons. The third-order valence-corrected chi connectivity index (χ3v) is 7.14. The fourth-order valence-electron chi connectivity index (χ4n) is 1.58. The van der Waals surface area contributed by atoms with Crippen molar-refractivity contribution in [3.63, 3.8) is 0 Å². The Morgan fingerprint density at radius 2 is 1.71 bits per heavy atom. The Morgan fingerprint density at radius 3 is 2.19 bits per heavy atom. The van der Waals surface area contributed by atoms with Gasteiger partial charge >= 0.3 is 5.97 Å². The molecular formula is C15H24NO3PS. The molecule has 0 amide bonds. The molecule has 0 saturated carbocycles. The largest absolute Gasteiger partial charge is 0.462 e. The molecule has 0 unspecified atom stereocenters. The third-order valence-electron chi connectivity index (χ3n) is 2.74.